The Morgan fingerprint density at radius 3 is 2.68 bits per heavy atom. The zero-order valence-corrected chi connectivity index (χ0v) is 11.4. The van der Waals surface area contributed by atoms with Crippen molar-refractivity contribution < 1.29 is 15.3 Å². The van der Waals surface area contributed by atoms with Gasteiger partial charge in [0.15, 0.2) is 11.5 Å². The number of nitrogens with one attached hydrogen (secondary N) is 1. The summed E-state index contributed by atoms with van der Waals surface area (Å²) in [6, 6.07) is 3.98. The number of benzene rings is 1. The molecule has 0 radical (unpaired) electrons. The third-order valence-electron chi connectivity index (χ3n) is 4.00. The van der Waals surface area contributed by atoms with E-state index in [2.05, 4.69) is 24.2 Å². The lowest BCUT2D eigenvalue weighted by atomic mass is 9.98. The summed E-state index contributed by atoms with van der Waals surface area (Å²) in [5.41, 5.74) is 0.599. The molecule has 4 N–H and O–H groups in total. The maximum absolute atomic E-state index is 9.74. The molecule has 0 saturated carbocycles. The minimum Gasteiger partial charge on any atom is -0.504 e. The third-order valence-corrected chi connectivity index (χ3v) is 4.00. The van der Waals surface area contributed by atoms with E-state index in [1.54, 1.807) is 6.07 Å². The summed E-state index contributed by atoms with van der Waals surface area (Å²) in [6.07, 6.45) is 2.15. The Kier molecular flexibility index (Phi) is 4.17. The lowest BCUT2D eigenvalue weighted by Gasteiger charge is -2.35. The van der Waals surface area contributed by atoms with Crippen molar-refractivity contribution in [3.63, 3.8) is 0 Å². The highest BCUT2D eigenvalue weighted by Crippen LogP contribution is 2.37. The summed E-state index contributed by atoms with van der Waals surface area (Å²) in [5, 5.41) is 31.9. The van der Waals surface area contributed by atoms with Crippen molar-refractivity contribution in [2.75, 3.05) is 13.6 Å². The Hall–Kier alpha value is -1.46. The van der Waals surface area contributed by atoms with Gasteiger partial charge in [0, 0.05) is 24.2 Å². The summed E-state index contributed by atoms with van der Waals surface area (Å²) in [6.45, 7) is 3.75. The fourth-order valence-electron chi connectivity index (χ4n) is 2.48. The molecule has 2 rings (SSSR count). The van der Waals surface area contributed by atoms with Crippen LogP contribution >= 0.6 is 0 Å². The normalized spacial score (nSPS) is 24.5. The highest BCUT2D eigenvalue weighted by Gasteiger charge is 2.22. The van der Waals surface area contributed by atoms with Crippen LogP contribution in [0.15, 0.2) is 12.1 Å². The third kappa shape index (κ3) is 3.11. The minimum absolute atomic E-state index is 0.242. The lowest BCUT2D eigenvalue weighted by molar-refractivity contribution is 0.168. The Morgan fingerprint density at radius 2 is 2.00 bits per heavy atom. The first kappa shape index (κ1) is 14.0. The number of hydrogen-bond donors (Lipinski definition) is 4. The van der Waals surface area contributed by atoms with E-state index in [4.69, 9.17) is 0 Å². The van der Waals surface area contributed by atoms with E-state index in [0.717, 1.165) is 19.4 Å². The van der Waals surface area contributed by atoms with E-state index in [9.17, 15) is 15.3 Å². The van der Waals surface area contributed by atoms with Crippen molar-refractivity contribution >= 4 is 0 Å². The number of aromatic hydroxyl groups is 3. The molecule has 2 atom stereocenters. The second kappa shape index (κ2) is 5.67. The first-order valence-electron chi connectivity index (χ1n) is 6.65. The molecule has 19 heavy (non-hydrogen) atoms. The number of phenolic OH excluding ortho intramolecular Hbond substituents is 3. The van der Waals surface area contributed by atoms with E-state index in [1.807, 2.05) is 0 Å². The summed E-state index contributed by atoms with van der Waals surface area (Å²) in [7, 11) is 2.13. The van der Waals surface area contributed by atoms with Gasteiger partial charge in [-0.3, -0.25) is 0 Å². The van der Waals surface area contributed by atoms with Gasteiger partial charge in [0.1, 0.15) is 0 Å². The summed E-state index contributed by atoms with van der Waals surface area (Å²) < 4.78 is 0. The van der Waals surface area contributed by atoms with Crippen molar-refractivity contribution in [2.45, 2.75) is 38.4 Å². The quantitative estimate of drug-likeness (QED) is 0.622. The largest absolute Gasteiger partial charge is 0.504 e. The first-order valence-corrected chi connectivity index (χ1v) is 6.65. The molecule has 0 amide bonds. The van der Waals surface area contributed by atoms with Gasteiger partial charge in [-0.2, -0.15) is 0 Å². The van der Waals surface area contributed by atoms with Crippen molar-refractivity contribution in [3.8, 4) is 17.2 Å². The topological polar surface area (TPSA) is 76.0 Å². The highest BCUT2D eigenvalue weighted by molar-refractivity contribution is 5.53. The maximum atomic E-state index is 9.74. The molecular weight excluding hydrogens is 244 g/mol. The second-order valence-corrected chi connectivity index (χ2v) is 5.37. The monoisotopic (exact) mass is 266 g/mol. The Morgan fingerprint density at radius 1 is 1.26 bits per heavy atom. The number of nitrogens with zero attached hydrogens (tertiary/aromatic N) is 1. The minimum atomic E-state index is -0.448. The molecule has 1 aliphatic heterocycles. The Balaban J connectivity index is 1.94. The first-order chi connectivity index (χ1) is 8.99. The molecule has 0 aliphatic carbocycles. The summed E-state index contributed by atoms with van der Waals surface area (Å²) in [5.74, 6) is -0.987. The number of likely N-dealkylation sites (tertiary alicyclic amines) is 1. The van der Waals surface area contributed by atoms with Crippen LogP contribution < -0.4 is 5.32 Å². The standard InChI is InChI=1S/C14H22N2O3/c1-9-7-11(5-6-16(9)2)15-8-10-3-4-12(17)14(19)13(10)18/h3-4,9,11,15,17-19H,5-8H2,1-2H3. The SMILES string of the molecule is CC1CC(NCc2ccc(O)c(O)c2O)CCN1C. The van der Waals surface area contributed by atoms with Crippen molar-refractivity contribution in [3.05, 3.63) is 17.7 Å². The molecule has 1 fully saturated rings. The molecule has 5 nitrogen and oxygen atoms in total. The number of phenols is 3. The fourth-order valence-corrected chi connectivity index (χ4v) is 2.48. The molecule has 0 spiro atoms. The summed E-state index contributed by atoms with van der Waals surface area (Å²) >= 11 is 0. The van der Waals surface area contributed by atoms with E-state index in [1.165, 1.54) is 6.07 Å². The zero-order chi connectivity index (χ0) is 14.0. The van der Waals surface area contributed by atoms with Crippen molar-refractivity contribution in [2.24, 2.45) is 0 Å². The van der Waals surface area contributed by atoms with E-state index < -0.39 is 5.75 Å². The van der Waals surface area contributed by atoms with Crippen LogP contribution in [0.2, 0.25) is 0 Å². The van der Waals surface area contributed by atoms with Crippen LogP contribution in [-0.4, -0.2) is 45.9 Å². The van der Waals surface area contributed by atoms with Gasteiger partial charge >= 0.3 is 0 Å². The number of hydrogen-bond acceptors (Lipinski definition) is 5. The maximum Gasteiger partial charge on any atom is 0.200 e. The van der Waals surface area contributed by atoms with Gasteiger partial charge in [-0.15, -0.1) is 0 Å². The van der Waals surface area contributed by atoms with Crippen molar-refractivity contribution in [1.29, 1.82) is 0 Å². The Bertz CT molecular complexity index is 451. The van der Waals surface area contributed by atoms with Crippen LogP contribution in [-0.2, 0) is 6.54 Å². The van der Waals surface area contributed by atoms with Crippen LogP contribution in [0.4, 0.5) is 0 Å². The van der Waals surface area contributed by atoms with Gasteiger partial charge in [-0.25, -0.2) is 0 Å². The number of piperidine rings is 1. The van der Waals surface area contributed by atoms with Crippen LogP contribution in [0.3, 0.4) is 0 Å². The predicted octanol–water partition coefficient (Wildman–Crippen LogP) is 1.38. The van der Waals surface area contributed by atoms with Gasteiger partial charge in [0.05, 0.1) is 0 Å². The molecule has 1 aromatic carbocycles. The fraction of sp³-hybridized carbons (Fsp3) is 0.571. The molecule has 106 valence electrons. The van der Waals surface area contributed by atoms with E-state index >= 15 is 0 Å². The second-order valence-electron chi connectivity index (χ2n) is 5.37. The molecule has 0 aromatic heterocycles. The molecule has 1 heterocycles. The zero-order valence-electron chi connectivity index (χ0n) is 11.4. The predicted molar refractivity (Wildman–Crippen MR) is 73.4 cm³/mol. The average Bonchev–Trinajstić information content (AvgIpc) is 2.39. The van der Waals surface area contributed by atoms with Gasteiger partial charge in [0.25, 0.3) is 0 Å². The molecular formula is C14H22N2O3. The average molecular weight is 266 g/mol. The van der Waals surface area contributed by atoms with Gasteiger partial charge in [-0.1, -0.05) is 6.07 Å². The van der Waals surface area contributed by atoms with Crippen LogP contribution in [0.1, 0.15) is 25.3 Å². The van der Waals surface area contributed by atoms with Gasteiger partial charge in [0.2, 0.25) is 5.75 Å². The van der Waals surface area contributed by atoms with Crippen LogP contribution in [0.25, 0.3) is 0 Å². The van der Waals surface area contributed by atoms with Gasteiger partial charge < -0.3 is 25.5 Å². The Labute approximate surface area is 113 Å². The van der Waals surface area contributed by atoms with E-state index in [-0.39, 0.29) is 11.5 Å². The lowest BCUT2D eigenvalue weighted by Crippen LogP contribution is -2.45. The van der Waals surface area contributed by atoms with Crippen molar-refractivity contribution in [1.82, 2.24) is 10.2 Å². The molecule has 1 saturated heterocycles. The molecule has 1 aromatic rings. The van der Waals surface area contributed by atoms with Crippen LogP contribution in [0, 0.1) is 0 Å². The number of rotatable bonds is 3. The highest BCUT2D eigenvalue weighted by atomic mass is 16.3. The molecule has 2 unspecified atom stereocenters. The smallest absolute Gasteiger partial charge is 0.200 e. The van der Waals surface area contributed by atoms with E-state index in [0.29, 0.717) is 24.2 Å². The van der Waals surface area contributed by atoms with Gasteiger partial charge in [-0.05, 0) is 39.4 Å². The van der Waals surface area contributed by atoms with Crippen LogP contribution in [0.5, 0.6) is 17.2 Å². The molecule has 5 heteroatoms. The molecule has 0 bridgehead atoms. The summed E-state index contributed by atoms with van der Waals surface area (Å²) in [4.78, 5) is 2.34. The molecule has 1 aliphatic rings.